The van der Waals surface area contributed by atoms with E-state index in [1.54, 1.807) is 38.7 Å². The van der Waals surface area contributed by atoms with Crippen molar-refractivity contribution in [2.75, 3.05) is 13.2 Å². The third kappa shape index (κ3) is 7.26. The largest absolute Gasteiger partial charge is 0.459 e. The van der Waals surface area contributed by atoms with E-state index in [0.717, 1.165) is 4.88 Å². The Morgan fingerprint density at radius 1 is 1.25 bits per heavy atom. The van der Waals surface area contributed by atoms with E-state index in [0.29, 0.717) is 41.8 Å². The summed E-state index contributed by atoms with van der Waals surface area (Å²) < 4.78 is 40.3. The number of cyclic esters (lactones) is 1. The molecule has 9 heteroatoms. The number of aliphatic hydroxyl groups excluding tert-OH is 1. The van der Waals surface area contributed by atoms with Gasteiger partial charge in [-0.3, -0.25) is 0 Å². The van der Waals surface area contributed by atoms with Gasteiger partial charge in [0, 0.05) is 29.4 Å². The lowest BCUT2D eigenvalue weighted by atomic mass is 9.94. The highest BCUT2D eigenvalue weighted by Gasteiger charge is 2.41. The molecule has 1 saturated heterocycles. The lowest BCUT2D eigenvalue weighted by molar-refractivity contribution is -0.120. The van der Waals surface area contributed by atoms with Crippen molar-refractivity contribution in [3.05, 3.63) is 56.8 Å². The number of amides is 1. The summed E-state index contributed by atoms with van der Waals surface area (Å²) in [6.07, 6.45) is -0.582. The van der Waals surface area contributed by atoms with Crippen LogP contribution < -0.4 is 0 Å². The molecule has 1 N–H and O–H groups in total. The second kappa shape index (κ2) is 12.1. The second-order valence-electron chi connectivity index (χ2n) is 9.67. The third-order valence-corrected chi connectivity index (χ3v) is 7.30. The van der Waals surface area contributed by atoms with Crippen molar-refractivity contribution < 1.29 is 33.0 Å². The fourth-order valence-corrected chi connectivity index (χ4v) is 5.39. The zero-order valence-electron chi connectivity index (χ0n) is 21.3. The summed E-state index contributed by atoms with van der Waals surface area (Å²) >= 11 is 1.36. The number of carbonyl (C=O) groups excluding carboxylic acids is 2. The van der Waals surface area contributed by atoms with Crippen LogP contribution in [0, 0.1) is 13.8 Å². The van der Waals surface area contributed by atoms with Gasteiger partial charge in [0.25, 0.3) is 5.92 Å². The Hall–Kier alpha value is -2.52. The molecule has 0 aliphatic carbocycles. The van der Waals surface area contributed by atoms with Crippen LogP contribution in [0.25, 0.3) is 0 Å². The quantitative estimate of drug-likeness (QED) is 0.365. The summed E-state index contributed by atoms with van der Waals surface area (Å²) in [5.41, 5.74) is 1.24. The lowest BCUT2D eigenvalue weighted by Gasteiger charge is -2.36. The van der Waals surface area contributed by atoms with Gasteiger partial charge in [-0.15, -0.1) is 11.3 Å². The maximum Gasteiger partial charge on any atom is 0.410 e. The number of hydrogen-bond acceptors (Lipinski definition) is 6. The number of esters is 1. The molecule has 2 atom stereocenters. The van der Waals surface area contributed by atoms with Crippen LogP contribution in [-0.4, -0.2) is 53.5 Å². The summed E-state index contributed by atoms with van der Waals surface area (Å²) in [5.74, 6) is -3.73. The van der Waals surface area contributed by atoms with E-state index in [1.807, 2.05) is 12.1 Å². The molecule has 0 bridgehead atoms. The molecule has 0 spiro atoms. The average Bonchev–Trinajstić information content (AvgIpc) is 3.27. The van der Waals surface area contributed by atoms with E-state index in [2.05, 4.69) is 0 Å². The van der Waals surface area contributed by atoms with E-state index in [4.69, 9.17) is 9.47 Å². The van der Waals surface area contributed by atoms with Gasteiger partial charge in [0.05, 0.1) is 12.7 Å². The number of ether oxygens (including phenoxy) is 2. The minimum Gasteiger partial charge on any atom is -0.459 e. The van der Waals surface area contributed by atoms with Crippen molar-refractivity contribution in [1.82, 2.24) is 4.90 Å². The van der Waals surface area contributed by atoms with Crippen molar-refractivity contribution >= 4 is 23.4 Å². The van der Waals surface area contributed by atoms with Gasteiger partial charge in [0.1, 0.15) is 11.0 Å². The molecule has 1 fully saturated rings. The second-order valence-corrected chi connectivity index (χ2v) is 10.8. The average molecular weight is 524 g/mol. The topological polar surface area (TPSA) is 76.1 Å². The van der Waals surface area contributed by atoms with Crippen molar-refractivity contribution in [3.8, 4) is 0 Å². The first-order valence-electron chi connectivity index (χ1n) is 12.3. The standard InChI is InChI=1S/C27H35F2NO5S/c1-17(2)35-25(32)23-9-8-22(36-23)6-5-12-30-21(11-13-34-26(30)33)7-10-24(31)27(28,29)20-15-18(3)14-19(4)16-20/h8-9,14-17,21,24,31H,5-7,10-13H2,1-4H3/t21-,24+/m0/s1. The smallest absolute Gasteiger partial charge is 0.410 e. The highest BCUT2D eigenvalue weighted by molar-refractivity contribution is 7.13. The fraction of sp³-hybridized carbons (Fsp3) is 0.556. The SMILES string of the molecule is Cc1cc(C)cc(C(F)(F)[C@H](O)CC[C@H]2CCOC(=O)N2CCCc2ccc(C(=O)OC(C)C)s2)c1. The summed E-state index contributed by atoms with van der Waals surface area (Å²) in [6.45, 7) is 7.72. The minimum atomic E-state index is -3.38. The van der Waals surface area contributed by atoms with E-state index in [9.17, 15) is 23.5 Å². The number of aryl methyl sites for hydroxylation is 3. The van der Waals surface area contributed by atoms with E-state index >= 15 is 0 Å². The summed E-state index contributed by atoms with van der Waals surface area (Å²) in [7, 11) is 0. The van der Waals surface area contributed by atoms with Gasteiger partial charge in [-0.05, 0) is 77.6 Å². The van der Waals surface area contributed by atoms with Gasteiger partial charge in [-0.1, -0.05) is 17.2 Å². The third-order valence-electron chi connectivity index (χ3n) is 6.18. The Morgan fingerprint density at radius 3 is 2.61 bits per heavy atom. The van der Waals surface area contributed by atoms with Crippen LogP contribution in [0.3, 0.4) is 0 Å². The molecule has 1 amide bonds. The number of thiophene rings is 1. The Bertz CT molecular complexity index is 1030. The molecule has 2 aromatic rings. The highest BCUT2D eigenvalue weighted by Crippen LogP contribution is 2.36. The number of benzene rings is 1. The van der Waals surface area contributed by atoms with E-state index in [1.165, 1.54) is 23.5 Å². The summed E-state index contributed by atoms with van der Waals surface area (Å²) in [5, 5.41) is 10.4. The first-order valence-corrected chi connectivity index (χ1v) is 13.2. The van der Waals surface area contributed by atoms with Gasteiger partial charge in [-0.2, -0.15) is 8.78 Å². The van der Waals surface area contributed by atoms with Crippen molar-refractivity contribution in [2.45, 2.75) is 84.0 Å². The molecule has 1 aromatic heterocycles. The molecular formula is C27H35F2NO5S. The van der Waals surface area contributed by atoms with Crippen LogP contribution in [-0.2, 0) is 21.8 Å². The molecule has 1 aliphatic rings. The first kappa shape index (κ1) is 28.1. The number of carbonyl (C=O) groups is 2. The van der Waals surface area contributed by atoms with Crippen LogP contribution >= 0.6 is 11.3 Å². The van der Waals surface area contributed by atoms with Crippen molar-refractivity contribution in [3.63, 3.8) is 0 Å². The normalized spacial score (nSPS) is 17.3. The Labute approximate surface area is 215 Å². The van der Waals surface area contributed by atoms with E-state index in [-0.39, 0.29) is 43.1 Å². The van der Waals surface area contributed by atoms with Crippen LogP contribution in [0.2, 0.25) is 0 Å². The molecule has 0 saturated carbocycles. The Kier molecular flexibility index (Phi) is 9.47. The van der Waals surface area contributed by atoms with Crippen LogP contribution in [0.15, 0.2) is 30.3 Å². The maximum atomic E-state index is 15.0. The Balaban J connectivity index is 1.55. The lowest BCUT2D eigenvalue weighted by Crippen LogP contribution is -2.47. The molecule has 2 heterocycles. The van der Waals surface area contributed by atoms with Gasteiger partial charge in [0.15, 0.2) is 0 Å². The predicted molar refractivity (Wildman–Crippen MR) is 135 cm³/mol. The summed E-state index contributed by atoms with van der Waals surface area (Å²) in [4.78, 5) is 27.6. The maximum absolute atomic E-state index is 15.0. The van der Waals surface area contributed by atoms with Gasteiger partial charge in [0.2, 0.25) is 0 Å². The number of alkyl halides is 2. The predicted octanol–water partition coefficient (Wildman–Crippen LogP) is 6.01. The van der Waals surface area contributed by atoms with Crippen LogP contribution in [0.5, 0.6) is 0 Å². The summed E-state index contributed by atoms with van der Waals surface area (Å²) in [6, 6.07) is 7.94. The zero-order valence-corrected chi connectivity index (χ0v) is 22.1. The van der Waals surface area contributed by atoms with Crippen molar-refractivity contribution in [1.29, 1.82) is 0 Å². The van der Waals surface area contributed by atoms with Gasteiger partial charge in [-0.25, -0.2) is 9.59 Å². The number of hydrogen-bond donors (Lipinski definition) is 1. The Morgan fingerprint density at radius 2 is 1.94 bits per heavy atom. The highest BCUT2D eigenvalue weighted by atomic mass is 32.1. The molecule has 0 unspecified atom stereocenters. The molecule has 198 valence electrons. The first-order chi connectivity index (χ1) is 17.0. The number of nitrogens with zero attached hydrogens (tertiary/aromatic N) is 1. The molecule has 1 aliphatic heterocycles. The monoisotopic (exact) mass is 523 g/mol. The molecule has 0 radical (unpaired) electrons. The van der Waals surface area contributed by atoms with Gasteiger partial charge >= 0.3 is 12.1 Å². The van der Waals surface area contributed by atoms with Crippen molar-refractivity contribution in [2.24, 2.45) is 0 Å². The van der Waals surface area contributed by atoms with Crippen LogP contribution in [0.1, 0.15) is 70.8 Å². The fourth-order valence-electron chi connectivity index (χ4n) is 4.45. The number of halogens is 2. The molecule has 3 rings (SSSR count). The van der Waals surface area contributed by atoms with Gasteiger partial charge < -0.3 is 19.5 Å². The molecule has 1 aromatic carbocycles. The van der Waals surface area contributed by atoms with Crippen LogP contribution in [0.4, 0.5) is 13.6 Å². The van der Waals surface area contributed by atoms with E-state index < -0.39 is 18.1 Å². The molecule has 36 heavy (non-hydrogen) atoms. The zero-order chi connectivity index (χ0) is 26.5. The molecular weight excluding hydrogens is 488 g/mol. The minimum absolute atomic E-state index is 0.138. The number of rotatable bonds is 11. The molecule has 6 nitrogen and oxygen atoms in total. The number of aliphatic hydroxyl groups is 1.